The highest BCUT2D eigenvalue weighted by Crippen LogP contribution is 2.30. The highest BCUT2D eigenvalue weighted by atomic mass is 32.1. The van der Waals surface area contributed by atoms with Gasteiger partial charge in [-0.1, -0.05) is 32.9 Å². The van der Waals surface area contributed by atoms with E-state index < -0.39 is 0 Å². The molecule has 0 spiro atoms. The first-order chi connectivity index (χ1) is 12.9. The quantitative estimate of drug-likeness (QED) is 0.745. The molecule has 0 radical (unpaired) electrons. The molecule has 1 unspecified atom stereocenters. The van der Waals surface area contributed by atoms with Crippen LogP contribution in [0.1, 0.15) is 43.4 Å². The summed E-state index contributed by atoms with van der Waals surface area (Å²) in [6, 6.07) is 7.85. The van der Waals surface area contributed by atoms with Gasteiger partial charge >= 0.3 is 0 Å². The highest BCUT2D eigenvalue weighted by molar-refractivity contribution is 7.09. The second kappa shape index (κ2) is 7.14. The lowest BCUT2D eigenvalue weighted by Crippen LogP contribution is -2.38. The Kier molecular flexibility index (Phi) is 4.84. The first-order valence-corrected chi connectivity index (χ1v) is 10.1. The molecule has 1 fully saturated rings. The molecule has 142 valence electrons. The van der Waals surface area contributed by atoms with E-state index in [1.54, 1.807) is 11.3 Å². The molecule has 3 aromatic rings. The molecule has 0 aliphatic carbocycles. The number of ether oxygens (including phenoxy) is 1. The van der Waals surface area contributed by atoms with E-state index in [9.17, 15) is 0 Å². The predicted octanol–water partition coefficient (Wildman–Crippen LogP) is 3.54. The third-order valence-electron chi connectivity index (χ3n) is 4.76. The smallest absolute Gasteiger partial charge is 0.145 e. The summed E-state index contributed by atoms with van der Waals surface area (Å²) < 4.78 is 5.99. The molecule has 27 heavy (non-hydrogen) atoms. The van der Waals surface area contributed by atoms with Gasteiger partial charge in [-0.25, -0.2) is 15.0 Å². The Hall–Kier alpha value is -2.09. The second-order valence-electron chi connectivity index (χ2n) is 7.96. The van der Waals surface area contributed by atoms with Crippen molar-refractivity contribution in [2.45, 2.75) is 38.8 Å². The van der Waals surface area contributed by atoms with Crippen LogP contribution >= 0.6 is 11.3 Å². The number of rotatable bonds is 3. The van der Waals surface area contributed by atoms with Gasteiger partial charge in [0.05, 0.1) is 24.4 Å². The van der Waals surface area contributed by atoms with E-state index in [-0.39, 0.29) is 11.5 Å². The SMILES string of the molecule is CC(C)(C)c1csc(C2CN(Cc3nc(N)c4ccccc4n3)CCO2)n1. The number of morpholine rings is 1. The van der Waals surface area contributed by atoms with Crippen molar-refractivity contribution in [1.82, 2.24) is 19.9 Å². The van der Waals surface area contributed by atoms with E-state index >= 15 is 0 Å². The Labute approximate surface area is 163 Å². The zero-order chi connectivity index (χ0) is 19.0. The van der Waals surface area contributed by atoms with Crippen molar-refractivity contribution in [2.24, 2.45) is 0 Å². The Morgan fingerprint density at radius 3 is 2.81 bits per heavy atom. The molecule has 1 aliphatic rings. The Balaban J connectivity index is 1.50. The number of hydrogen-bond acceptors (Lipinski definition) is 7. The number of nitrogens with two attached hydrogens (primary N) is 1. The van der Waals surface area contributed by atoms with E-state index in [4.69, 9.17) is 15.5 Å². The maximum atomic E-state index is 6.12. The van der Waals surface area contributed by atoms with Crippen molar-refractivity contribution >= 4 is 28.1 Å². The fourth-order valence-corrected chi connectivity index (χ4v) is 4.28. The third-order valence-corrected chi connectivity index (χ3v) is 5.70. The van der Waals surface area contributed by atoms with Gasteiger partial charge < -0.3 is 10.5 Å². The van der Waals surface area contributed by atoms with E-state index in [0.717, 1.165) is 40.5 Å². The number of thiazole rings is 1. The lowest BCUT2D eigenvalue weighted by molar-refractivity contribution is -0.0338. The molecule has 2 N–H and O–H groups in total. The summed E-state index contributed by atoms with van der Waals surface area (Å²) >= 11 is 1.68. The van der Waals surface area contributed by atoms with Gasteiger partial charge in [0.25, 0.3) is 0 Å². The van der Waals surface area contributed by atoms with Crippen LogP contribution in [0.25, 0.3) is 10.9 Å². The summed E-state index contributed by atoms with van der Waals surface area (Å²) in [6.07, 6.45) is -0.00217. The van der Waals surface area contributed by atoms with Gasteiger partial charge in [0, 0.05) is 29.3 Å². The number of fused-ring (bicyclic) bond motifs is 1. The number of nitrogen functional groups attached to an aromatic ring is 1. The fourth-order valence-electron chi connectivity index (χ4n) is 3.20. The lowest BCUT2D eigenvalue weighted by atomic mass is 9.93. The molecule has 0 amide bonds. The molecule has 3 heterocycles. The summed E-state index contributed by atoms with van der Waals surface area (Å²) in [7, 11) is 0. The summed E-state index contributed by atoms with van der Waals surface area (Å²) in [4.78, 5) is 16.3. The van der Waals surface area contributed by atoms with Crippen molar-refractivity contribution in [3.63, 3.8) is 0 Å². The summed E-state index contributed by atoms with van der Waals surface area (Å²) in [5.41, 5.74) is 8.18. The van der Waals surface area contributed by atoms with Gasteiger partial charge in [-0.15, -0.1) is 11.3 Å². The van der Waals surface area contributed by atoms with Gasteiger partial charge in [-0.2, -0.15) is 0 Å². The van der Waals surface area contributed by atoms with Crippen LogP contribution < -0.4 is 5.73 Å². The average Bonchev–Trinajstić information content (AvgIpc) is 3.13. The monoisotopic (exact) mass is 383 g/mol. The van der Waals surface area contributed by atoms with Gasteiger partial charge in [0.2, 0.25) is 0 Å². The van der Waals surface area contributed by atoms with Gasteiger partial charge in [0.15, 0.2) is 0 Å². The zero-order valence-corrected chi connectivity index (χ0v) is 16.8. The topological polar surface area (TPSA) is 77.2 Å². The van der Waals surface area contributed by atoms with Gasteiger partial charge in [-0.05, 0) is 12.1 Å². The van der Waals surface area contributed by atoms with Crippen LogP contribution in [0.2, 0.25) is 0 Å². The minimum Gasteiger partial charge on any atom is -0.383 e. The summed E-state index contributed by atoms with van der Waals surface area (Å²) in [6.45, 7) is 9.52. The van der Waals surface area contributed by atoms with E-state index in [1.165, 1.54) is 0 Å². The maximum Gasteiger partial charge on any atom is 0.145 e. The Bertz CT molecular complexity index is 949. The summed E-state index contributed by atoms with van der Waals surface area (Å²) in [5.74, 6) is 1.29. The first kappa shape index (κ1) is 18.3. The Morgan fingerprint density at radius 2 is 2.04 bits per heavy atom. The molecule has 6 nitrogen and oxygen atoms in total. The van der Waals surface area contributed by atoms with E-state index in [1.807, 2.05) is 24.3 Å². The van der Waals surface area contributed by atoms with Crippen LogP contribution in [0.15, 0.2) is 29.6 Å². The number of para-hydroxylation sites is 1. The Morgan fingerprint density at radius 1 is 1.22 bits per heavy atom. The van der Waals surface area contributed by atoms with Crippen molar-refractivity contribution in [1.29, 1.82) is 0 Å². The minimum atomic E-state index is -0.00217. The van der Waals surface area contributed by atoms with Crippen molar-refractivity contribution < 1.29 is 4.74 Å². The fraction of sp³-hybridized carbons (Fsp3) is 0.450. The third kappa shape index (κ3) is 3.95. The van der Waals surface area contributed by atoms with Crippen LogP contribution in [-0.2, 0) is 16.7 Å². The maximum absolute atomic E-state index is 6.12. The number of benzene rings is 1. The molecular formula is C20H25N5OS. The van der Waals surface area contributed by atoms with Crippen LogP contribution in [0.4, 0.5) is 5.82 Å². The van der Waals surface area contributed by atoms with Crippen molar-refractivity contribution in [3.05, 3.63) is 46.2 Å². The van der Waals surface area contributed by atoms with Crippen LogP contribution in [0, 0.1) is 0 Å². The highest BCUT2D eigenvalue weighted by Gasteiger charge is 2.27. The van der Waals surface area contributed by atoms with E-state index in [0.29, 0.717) is 19.0 Å². The van der Waals surface area contributed by atoms with Crippen molar-refractivity contribution in [2.75, 3.05) is 25.4 Å². The molecule has 0 saturated carbocycles. The molecule has 1 aliphatic heterocycles. The van der Waals surface area contributed by atoms with Gasteiger partial charge in [-0.3, -0.25) is 4.90 Å². The average molecular weight is 384 g/mol. The number of aromatic nitrogens is 3. The van der Waals surface area contributed by atoms with Crippen LogP contribution in [0.3, 0.4) is 0 Å². The zero-order valence-electron chi connectivity index (χ0n) is 16.0. The normalized spacial score (nSPS) is 18.9. The summed E-state index contributed by atoms with van der Waals surface area (Å²) in [5, 5.41) is 4.09. The molecular weight excluding hydrogens is 358 g/mol. The molecule has 4 rings (SSSR count). The molecule has 2 aromatic heterocycles. The molecule has 1 atom stereocenters. The molecule has 7 heteroatoms. The molecule has 0 bridgehead atoms. The standard InChI is InChI=1S/C20H25N5OS/c1-20(2,3)16-12-27-19(23-16)15-10-25(8-9-26-15)11-17-22-14-7-5-4-6-13(14)18(21)24-17/h4-7,12,15H,8-11H2,1-3H3,(H2,21,22,24). The van der Waals surface area contributed by atoms with Gasteiger partial charge in [0.1, 0.15) is 22.8 Å². The van der Waals surface area contributed by atoms with Crippen molar-refractivity contribution in [3.8, 4) is 0 Å². The molecule has 1 aromatic carbocycles. The second-order valence-corrected chi connectivity index (χ2v) is 8.85. The number of hydrogen-bond donors (Lipinski definition) is 1. The minimum absolute atomic E-state index is 0.00217. The van der Waals surface area contributed by atoms with Crippen LogP contribution in [0.5, 0.6) is 0 Å². The first-order valence-electron chi connectivity index (χ1n) is 9.21. The lowest BCUT2D eigenvalue weighted by Gasteiger charge is -2.31. The number of anilines is 1. The number of nitrogens with zero attached hydrogens (tertiary/aromatic N) is 4. The van der Waals surface area contributed by atoms with E-state index in [2.05, 4.69) is 41.0 Å². The largest absolute Gasteiger partial charge is 0.383 e. The predicted molar refractivity (Wildman–Crippen MR) is 109 cm³/mol. The van der Waals surface area contributed by atoms with Crippen LogP contribution in [-0.4, -0.2) is 39.5 Å². The molecule has 1 saturated heterocycles.